The molecule has 130 valence electrons. The zero-order valence-corrected chi connectivity index (χ0v) is 13.8. The van der Waals surface area contributed by atoms with E-state index in [2.05, 4.69) is 20.7 Å². The molecule has 1 atom stereocenters. The van der Waals surface area contributed by atoms with Gasteiger partial charge in [-0.15, -0.1) is 5.10 Å². The highest BCUT2D eigenvalue weighted by molar-refractivity contribution is 5.92. The average Bonchev–Trinajstić information content (AvgIpc) is 3.27. The summed E-state index contributed by atoms with van der Waals surface area (Å²) in [6.07, 6.45) is 5.86. The predicted octanol–water partition coefficient (Wildman–Crippen LogP) is 1.87. The van der Waals surface area contributed by atoms with Crippen LogP contribution >= 0.6 is 0 Å². The summed E-state index contributed by atoms with van der Waals surface area (Å²) < 4.78 is 16.9. The van der Waals surface area contributed by atoms with Crippen LogP contribution < -0.4 is 5.32 Å². The van der Waals surface area contributed by atoms with E-state index in [1.807, 2.05) is 23.9 Å². The molecule has 2 aromatic heterocycles. The topological polar surface area (TPSA) is 77.6 Å². The largest absolute Gasteiger partial charge is 0.348 e. The Morgan fingerprint density at radius 3 is 2.88 bits per heavy atom. The highest BCUT2D eigenvalue weighted by atomic mass is 19.1. The summed E-state index contributed by atoms with van der Waals surface area (Å²) in [5, 5.41) is 14.8. The van der Waals surface area contributed by atoms with E-state index in [4.69, 9.17) is 0 Å². The summed E-state index contributed by atoms with van der Waals surface area (Å²) >= 11 is 0. The molecule has 0 aliphatic rings. The lowest BCUT2D eigenvalue weighted by Crippen LogP contribution is -2.33. The van der Waals surface area contributed by atoms with E-state index in [9.17, 15) is 9.18 Å². The molecule has 0 bridgehead atoms. The van der Waals surface area contributed by atoms with Gasteiger partial charge in [-0.2, -0.15) is 5.10 Å². The first-order chi connectivity index (χ1) is 12.1. The summed E-state index contributed by atoms with van der Waals surface area (Å²) in [6, 6.07) is 8.27. The molecule has 0 saturated heterocycles. The Hall–Kier alpha value is -3.03. The molecular weight excluding hydrogens is 323 g/mol. The summed E-state index contributed by atoms with van der Waals surface area (Å²) in [6.45, 7) is 2.86. The third-order valence-corrected chi connectivity index (χ3v) is 3.79. The van der Waals surface area contributed by atoms with Crippen molar-refractivity contribution in [2.45, 2.75) is 32.5 Å². The van der Waals surface area contributed by atoms with Crippen LogP contribution in [0.15, 0.2) is 48.9 Å². The zero-order chi connectivity index (χ0) is 17.6. The number of carbonyl (C=O) groups is 1. The van der Waals surface area contributed by atoms with Gasteiger partial charge in [0.2, 0.25) is 0 Å². The van der Waals surface area contributed by atoms with E-state index in [0.717, 1.165) is 6.42 Å². The number of hydrogen-bond donors (Lipinski definition) is 1. The number of carbonyl (C=O) groups excluding carboxylic acids is 1. The van der Waals surface area contributed by atoms with Crippen molar-refractivity contribution in [1.82, 2.24) is 30.1 Å². The molecule has 7 nitrogen and oxygen atoms in total. The molecule has 0 saturated carbocycles. The average molecular weight is 342 g/mol. The molecule has 25 heavy (non-hydrogen) atoms. The van der Waals surface area contributed by atoms with Gasteiger partial charge in [0, 0.05) is 30.5 Å². The van der Waals surface area contributed by atoms with Crippen molar-refractivity contribution in [3.05, 3.63) is 66.0 Å². The second-order valence-corrected chi connectivity index (χ2v) is 5.83. The van der Waals surface area contributed by atoms with E-state index in [1.54, 1.807) is 24.4 Å². The lowest BCUT2D eigenvalue weighted by atomic mass is 10.2. The third-order valence-electron chi connectivity index (χ3n) is 3.79. The maximum atomic E-state index is 13.7. The zero-order valence-electron chi connectivity index (χ0n) is 13.8. The van der Waals surface area contributed by atoms with Crippen LogP contribution in [-0.4, -0.2) is 36.7 Å². The Morgan fingerprint density at radius 2 is 2.12 bits per heavy atom. The van der Waals surface area contributed by atoms with Gasteiger partial charge in [-0.05, 0) is 25.5 Å². The van der Waals surface area contributed by atoms with Crippen LogP contribution in [0.5, 0.6) is 0 Å². The smallest absolute Gasteiger partial charge is 0.273 e. The molecule has 0 aliphatic carbocycles. The molecule has 2 heterocycles. The van der Waals surface area contributed by atoms with Crippen LogP contribution in [-0.2, 0) is 13.1 Å². The van der Waals surface area contributed by atoms with E-state index < -0.39 is 0 Å². The van der Waals surface area contributed by atoms with E-state index in [0.29, 0.717) is 12.1 Å². The van der Waals surface area contributed by atoms with Crippen molar-refractivity contribution in [3.63, 3.8) is 0 Å². The van der Waals surface area contributed by atoms with E-state index >= 15 is 0 Å². The molecular formula is C17H19FN6O. The lowest BCUT2D eigenvalue weighted by Gasteiger charge is -2.12. The molecule has 3 rings (SSSR count). The first-order valence-electron chi connectivity index (χ1n) is 8.03. The van der Waals surface area contributed by atoms with Crippen molar-refractivity contribution < 1.29 is 9.18 Å². The number of nitrogens with one attached hydrogen (secondary N) is 1. The van der Waals surface area contributed by atoms with Gasteiger partial charge in [0.05, 0.1) is 12.7 Å². The van der Waals surface area contributed by atoms with Gasteiger partial charge in [-0.1, -0.05) is 23.4 Å². The normalized spacial score (nSPS) is 12.1. The molecule has 8 heteroatoms. The van der Waals surface area contributed by atoms with Crippen molar-refractivity contribution in [2.75, 3.05) is 0 Å². The molecule has 0 radical (unpaired) electrons. The van der Waals surface area contributed by atoms with Crippen LogP contribution in [0.3, 0.4) is 0 Å². The highest BCUT2D eigenvalue weighted by Crippen LogP contribution is 2.08. The SMILES string of the molecule is C[C@@H](CCn1cccn1)NC(=O)c1cn(Cc2ccccc2F)nn1. The first-order valence-corrected chi connectivity index (χ1v) is 8.03. The predicted molar refractivity (Wildman–Crippen MR) is 89.3 cm³/mol. The minimum absolute atomic E-state index is 0.0339. The molecule has 0 spiro atoms. The summed E-state index contributed by atoms with van der Waals surface area (Å²) in [5.41, 5.74) is 0.703. The Labute approximate surface area is 144 Å². The van der Waals surface area contributed by atoms with Gasteiger partial charge >= 0.3 is 0 Å². The standard InChI is InChI=1S/C17H19FN6O/c1-13(7-10-23-9-4-8-19-23)20-17(25)16-12-24(22-21-16)11-14-5-2-3-6-15(14)18/h2-6,8-9,12-13H,7,10-11H2,1H3,(H,20,25)/t13-/m0/s1. The number of benzene rings is 1. The number of halogens is 1. The van der Waals surface area contributed by atoms with Crippen LogP contribution in [0.25, 0.3) is 0 Å². The maximum absolute atomic E-state index is 13.7. The third kappa shape index (κ3) is 4.50. The fourth-order valence-corrected chi connectivity index (χ4v) is 2.41. The second-order valence-electron chi connectivity index (χ2n) is 5.83. The number of amides is 1. The van der Waals surface area contributed by atoms with E-state index in [-0.39, 0.29) is 30.0 Å². The molecule has 1 amide bonds. The van der Waals surface area contributed by atoms with Crippen LogP contribution in [0.4, 0.5) is 4.39 Å². The minimum atomic E-state index is -0.309. The van der Waals surface area contributed by atoms with Crippen molar-refractivity contribution >= 4 is 5.91 Å². The lowest BCUT2D eigenvalue weighted by molar-refractivity contribution is 0.0932. The Bertz CT molecular complexity index is 829. The van der Waals surface area contributed by atoms with Crippen LogP contribution in [0, 0.1) is 5.82 Å². The molecule has 1 aromatic carbocycles. The molecule has 0 unspecified atom stereocenters. The number of nitrogens with zero attached hydrogens (tertiary/aromatic N) is 5. The van der Waals surface area contributed by atoms with Gasteiger partial charge in [0.25, 0.3) is 5.91 Å². The fraction of sp³-hybridized carbons (Fsp3) is 0.294. The van der Waals surface area contributed by atoms with Gasteiger partial charge in [-0.3, -0.25) is 9.48 Å². The first kappa shape index (κ1) is 16.8. The number of aromatic nitrogens is 5. The van der Waals surface area contributed by atoms with Crippen molar-refractivity contribution in [1.29, 1.82) is 0 Å². The molecule has 0 aliphatic heterocycles. The molecule has 1 N–H and O–H groups in total. The Balaban J connectivity index is 1.54. The van der Waals surface area contributed by atoms with Crippen molar-refractivity contribution in [3.8, 4) is 0 Å². The quantitative estimate of drug-likeness (QED) is 0.711. The number of hydrogen-bond acceptors (Lipinski definition) is 4. The van der Waals surface area contributed by atoms with Gasteiger partial charge in [-0.25, -0.2) is 9.07 Å². The monoisotopic (exact) mass is 342 g/mol. The second kappa shape index (κ2) is 7.69. The molecule has 0 fully saturated rings. The van der Waals surface area contributed by atoms with Gasteiger partial charge < -0.3 is 5.32 Å². The van der Waals surface area contributed by atoms with Crippen LogP contribution in [0.2, 0.25) is 0 Å². The van der Waals surface area contributed by atoms with Crippen molar-refractivity contribution in [2.24, 2.45) is 0 Å². The minimum Gasteiger partial charge on any atom is -0.348 e. The van der Waals surface area contributed by atoms with Gasteiger partial charge in [0.15, 0.2) is 5.69 Å². The number of aryl methyl sites for hydroxylation is 1. The van der Waals surface area contributed by atoms with Gasteiger partial charge in [0.1, 0.15) is 5.82 Å². The van der Waals surface area contributed by atoms with Crippen LogP contribution in [0.1, 0.15) is 29.4 Å². The summed E-state index contributed by atoms with van der Waals surface area (Å²) in [4.78, 5) is 12.2. The Kier molecular flexibility index (Phi) is 5.17. The number of rotatable bonds is 7. The molecule has 3 aromatic rings. The summed E-state index contributed by atoms with van der Waals surface area (Å²) in [5.74, 6) is -0.607. The maximum Gasteiger partial charge on any atom is 0.273 e. The highest BCUT2D eigenvalue weighted by Gasteiger charge is 2.14. The van der Waals surface area contributed by atoms with E-state index in [1.165, 1.54) is 16.9 Å². The Morgan fingerprint density at radius 1 is 1.28 bits per heavy atom. The summed E-state index contributed by atoms with van der Waals surface area (Å²) in [7, 11) is 0. The fourth-order valence-electron chi connectivity index (χ4n) is 2.41.